The van der Waals surface area contributed by atoms with Crippen LogP contribution in [0.5, 0.6) is 0 Å². The fraction of sp³-hybridized carbons (Fsp3) is 0.300. The molecule has 2 aromatic carbocycles. The van der Waals surface area contributed by atoms with Gasteiger partial charge in [-0.2, -0.15) is 0 Å². The lowest BCUT2D eigenvalue weighted by atomic mass is 9.68. The first-order valence-corrected chi connectivity index (χ1v) is 10.1. The zero-order valence-electron chi connectivity index (χ0n) is 14.5. The average Bonchev–Trinajstić information content (AvgIpc) is 2.51. The molecule has 5 rings (SSSR count). The number of anilines is 1. The van der Waals surface area contributed by atoms with Crippen LogP contribution in [-0.4, -0.2) is 14.5 Å². The quantitative estimate of drug-likeness (QED) is 0.703. The van der Waals surface area contributed by atoms with E-state index >= 15 is 0 Å². The fourth-order valence-electron chi connectivity index (χ4n) is 4.31. The van der Waals surface area contributed by atoms with E-state index in [-0.39, 0.29) is 12.0 Å². The average molecular weight is 374 g/mol. The van der Waals surface area contributed by atoms with Gasteiger partial charge in [-0.3, -0.25) is 4.31 Å². The van der Waals surface area contributed by atoms with Crippen molar-refractivity contribution in [2.75, 3.05) is 4.31 Å². The van der Waals surface area contributed by atoms with Gasteiger partial charge in [0.1, 0.15) is 0 Å². The summed E-state index contributed by atoms with van der Waals surface area (Å²) in [7, 11) is -3.70. The van der Waals surface area contributed by atoms with Crippen LogP contribution in [0.2, 0.25) is 5.02 Å². The van der Waals surface area contributed by atoms with Gasteiger partial charge in [-0.05, 0) is 61.6 Å². The molecule has 0 spiro atoms. The van der Waals surface area contributed by atoms with Gasteiger partial charge >= 0.3 is 0 Å². The number of halogens is 1. The normalized spacial score (nSPS) is 21.8. The zero-order valence-corrected chi connectivity index (χ0v) is 16.1. The first-order valence-electron chi connectivity index (χ1n) is 8.32. The summed E-state index contributed by atoms with van der Waals surface area (Å²) in [6, 6.07) is 9.17. The summed E-state index contributed by atoms with van der Waals surface area (Å²) in [4.78, 5) is 0.391. The minimum absolute atomic E-state index is 0.180. The van der Waals surface area contributed by atoms with Crippen molar-refractivity contribution >= 4 is 27.3 Å². The van der Waals surface area contributed by atoms with Crippen molar-refractivity contribution in [1.82, 2.24) is 0 Å². The molecule has 0 aromatic heterocycles. The highest BCUT2D eigenvalue weighted by molar-refractivity contribution is 7.93. The SMILES string of the molecule is C=C1C2CC1N(S(=O)(=O)c1c(C)cc(C)cc1C)c1cc(Cl)ccc12. The molecular weight excluding hydrogens is 354 g/mol. The molecule has 2 unspecified atom stereocenters. The fourth-order valence-corrected chi connectivity index (χ4v) is 6.58. The minimum Gasteiger partial charge on any atom is -0.259 e. The molecule has 3 aliphatic rings. The predicted octanol–water partition coefficient (Wildman–Crippen LogP) is 4.89. The van der Waals surface area contributed by atoms with Gasteiger partial charge in [0.2, 0.25) is 0 Å². The molecule has 25 heavy (non-hydrogen) atoms. The standard InChI is InChI=1S/C20H20ClNO2S/c1-11-7-12(2)20(13(3)8-11)25(23,24)22-18-10-17(14(18)4)16-6-5-15(21)9-19(16)22/h5-9,17-18H,4,10H2,1-3H3. The molecule has 5 heteroatoms. The Bertz CT molecular complexity index is 1000. The maximum absolute atomic E-state index is 13.6. The Morgan fingerprint density at radius 2 is 1.76 bits per heavy atom. The number of sulfonamides is 1. The van der Waals surface area contributed by atoms with Crippen molar-refractivity contribution in [3.63, 3.8) is 0 Å². The molecule has 0 saturated heterocycles. The third-order valence-electron chi connectivity index (χ3n) is 5.34. The van der Waals surface area contributed by atoms with Crippen molar-refractivity contribution < 1.29 is 8.42 Å². The first kappa shape index (κ1) is 16.7. The van der Waals surface area contributed by atoms with Crippen LogP contribution in [-0.2, 0) is 10.0 Å². The second kappa shape index (κ2) is 5.36. The lowest BCUT2D eigenvalue weighted by Gasteiger charge is -2.52. The van der Waals surface area contributed by atoms with Crippen molar-refractivity contribution in [3.05, 3.63) is 69.8 Å². The van der Waals surface area contributed by atoms with E-state index in [1.54, 1.807) is 10.4 Å². The highest BCUT2D eigenvalue weighted by Gasteiger charge is 2.50. The Labute approximate surface area is 154 Å². The van der Waals surface area contributed by atoms with Gasteiger partial charge in [0, 0.05) is 10.9 Å². The highest BCUT2D eigenvalue weighted by atomic mass is 35.5. The second-order valence-corrected chi connectivity index (χ2v) is 9.30. The largest absolute Gasteiger partial charge is 0.265 e. The van der Waals surface area contributed by atoms with Gasteiger partial charge in [0.25, 0.3) is 10.0 Å². The number of nitrogens with zero attached hydrogens (tertiary/aromatic N) is 1. The Morgan fingerprint density at radius 3 is 2.36 bits per heavy atom. The Hall–Kier alpha value is -1.78. The molecule has 1 aliphatic carbocycles. The summed E-state index contributed by atoms with van der Waals surface area (Å²) in [6.45, 7) is 9.83. The van der Waals surface area contributed by atoms with Gasteiger partial charge in [0.05, 0.1) is 16.6 Å². The van der Waals surface area contributed by atoms with Crippen LogP contribution < -0.4 is 4.31 Å². The number of hydrogen-bond acceptors (Lipinski definition) is 2. The van der Waals surface area contributed by atoms with E-state index < -0.39 is 10.0 Å². The second-order valence-electron chi connectivity index (χ2n) is 7.11. The third kappa shape index (κ3) is 2.27. The Morgan fingerprint density at radius 1 is 1.12 bits per heavy atom. The van der Waals surface area contributed by atoms with Crippen molar-refractivity contribution in [1.29, 1.82) is 0 Å². The number of aryl methyl sites for hydroxylation is 3. The van der Waals surface area contributed by atoms with Gasteiger partial charge in [-0.25, -0.2) is 8.42 Å². The van der Waals surface area contributed by atoms with Crippen LogP contribution in [0.25, 0.3) is 0 Å². The van der Waals surface area contributed by atoms with Crippen LogP contribution in [0.4, 0.5) is 5.69 Å². The highest BCUT2D eigenvalue weighted by Crippen LogP contribution is 2.55. The van der Waals surface area contributed by atoms with Crippen LogP contribution in [0.3, 0.4) is 0 Å². The summed E-state index contributed by atoms with van der Waals surface area (Å²) in [6.07, 6.45) is 0.788. The summed E-state index contributed by atoms with van der Waals surface area (Å²) < 4.78 is 28.8. The lowest BCUT2D eigenvalue weighted by Crippen LogP contribution is -2.53. The topological polar surface area (TPSA) is 37.4 Å². The minimum atomic E-state index is -3.70. The van der Waals surface area contributed by atoms with Crippen molar-refractivity contribution in [3.8, 4) is 0 Å². The molecule has 2 bridgehead atoms. The van der Waals surface area contributed by atoms with Crippen LogP contribution in [0.15, 0.2) is 47.4 Å². The molecular formula is C20H20ClNO2S. The molecule has 130 valence electrons. The lowest BCUT2D eigenvalue weighted by molar-refractivity contribution is 0.455. The summed E-state index contributed by atoms with van der Waals surface area (Å²) >= 11 is 6.18. The van der Waals surface area contributed by atoms with Crippen LogP contribution >= 0.6 is 11.6 Å². The molecule has 0 radical (unpaired) electrons. The Kier molecular flexibility index (Phi) is 3.57. The molecule has 0 amide bonds. The summed E-state index contributed by atoms with van der Waals surface area (Å²) in [5, 5.41) is 0.545. The van der Waals surface area contributed by atoms with Gasteiger partial charge in [0.15, 0.2) is 0 Å². The molecule has 3 nitrogen and oxygen atoms in total. The number of rotatable bonds is 2. The monoisotopic (exact) mass is 373 g/mol. The van der Waals surface area contributed by atoms with E-state index in [4.69, 9.17) is 11.6 Å². The molecule has 2 aromatic rings. The van der Waals surface area contributed by atoms with E-state index in [9.17, 15) is 8.42 Å². The first-order chi connectivity index (χ1) is 11.7. The van der Waals surface area contributed by atoms with E-state index in [0.29, 0.717) is 15.6 Å². The predicted molar refractivity (Wildman–Crippen MR) is 102 cm³/mol. The molecule has 2 heterocycles. The smallest absolute Gasteiger partial charge is 0.259 e. The maximum atomic E-state index is 13.6. The van der Waals surface area contributed by atoms with Gasteiger partial charge in [-0.1, -0.05) is 41.9 Å². The van der Waals surface area contributed by atoms with E-state index in [1.807, 2.05) is 45.0 Å². The summed E-state index contributed by atoms with van der Waals surface area (Å²) in [5.74, 6) is 0.240. The third-order valence-corrected chi connectivity index (χ3v) is 7.71. The van der Waals surface area contributed by atoms with Gasteiger partial charge in [-0.15, -0.1) is 0 Å². The zero-order chi connectivity index (χ0) is 18.1. The molecule has 2 aliphatic heterocycles. The van der Waals surface area contributed by atoms with Crippen molar-refractivity contribution in [2.45, 2.75) is 44.0 Å². The van der Waals surface area contributed by atoms with E-state index in [1.165, 1.54) is 0 Å². The summed E-state index contributed by atoms with van der Waals surface area (Å²) in [5.41, 5.74) is 5.27. The van der Waals surface area contributed by atoms with Crippen molar-refractivity contribution in [2.24, 2.45) is 0 Å². The van der Waals surface area contributed by atoms with Crippen LogP contribution in [0.1, 0.15) is 34.6 Å². The van der Waals surface area contributed by atoms with E-state index in [0.717, 1.165) is 34.2 Å². The van der Waals surface area contributed by atoms with E-state index in [2.05, 4.69) is 6.58 Å². The molecule has 2 atom stereocenters. The molecule has 1 saturated carbocycles. The number of hydrogen-bond donors (Lipinski definition) is 0. The molecule has 0 N–H and O–H groups in total. The molecule has 1 fully saturated rings. The Balaban J connectivity index is 1.96. The van der Waals surface area contributed by atoms with Crippen LogP contribution in [0, 0.1) is 20.8 Å². The number of benzene rings is 2. The van der Waals surface area contributed by atoms with Gasteiger partial charge < -0.3 is 0 Å². The maximum Gasteiger partial charge on any atom is 0.265 e.